The predicted octanol–water partition coefficient (Wildman–Crippen LogP) is 3.05. The molecule has 0 saturated heterocycles. The van der Waals surface area contributed by atoms with Gasteiger partial charge in [-0.2, -0.15) is 21.6 Å². The highest BCUT2D eigenvalue weighted by molar-refractivity contribution is 7.87. The van der Waals surface area contributed by atoms with Gasteiger partial charge in [-0.05, 0) is 42.8 Å². The monoisotopic (exact) mass is 373 g/mol. The van der Waals surface area contributed by atoms with E-state index >= 15 is 0 Å². The highest BCUT2D eigenvalue weighted by Gasteiger charge is 2.28. The molecule has 5 nitrogen and oxygen atoms in total. The maximum Gasteiger partial charge on any atom is 0.405 e. The molecule has 25 heavy (non-hydrogen) atoms. The Morgan fingerprint density at radius 1 is 1.08 bits per heavy atom. The molecule has 1 amide bonds. The number of aryl methyl sites for hydroxylation is 1. The fourth-order valence-corrected chi connectivity index (χ4v) is 2.86. The molecule has 0 unspecified atom stereocenters. The summed E-state index contributed by atoms with van der Waals surface area (Å²) in [6.07, 6.45) is -4.53. The number of carbonyl (C=O) groups excluding carboxylic acids is 1. The minimum Gasteiger partial charge on any atom is -0.379 e. The first-order chi connectivity index (χ1) is 11.6. The first-order valence-electron chi connectivity index (χ1n) is 7.04. The van der Waals surface area contributed by atoms with Crippen molar-refractivity contribution in [1.82, 2.24) is 5.32 Å². The largest absolute Gasteiger partial charge is 0.405 e. The zero-order valence-corrected chi connectivity index (χ0v) is 13.8. The molecule has 2 rings (SSSR count). The Balaban J connectivity index is 2.13. The van der Waals surface area contributed by atoms with E-state index in [2.05, 4.69) is 0 Å². The van der Waals surface area contributed by atoms with Crippen LogP contribution in [0.15, 0.2) is 53.4 Å². The van der Waals surface area contributed by atoms with E-state index < -0.39 is 28.7 Å². The lowest BCUT2D eigenvalue weighted by Crippen LogP contribution is -2.33. The van der Waals surface area contributed by atoms with Crippen LogP contribution in [0.1, 0.15) is 15.9 Å². The summed E-state index contributed by atoms with van der Waals surface area (Å²) < 4.78 is 65.7. The maximum absolute atomic E-state index is 12.2. The number of nitrogens with one attached hydrogen (secondary N) is 1. The summed E-state index contributed by atoms with van der Waals surface area (Å²) in [5.41, 5.74) is 0.522. The third kappa shape index (κ3) is 5.21. The normalized spacial score (nSPS) is 11.8. The van der Waals surface area contributed by atoms with Crippen LogP contribution >= 0.6 is 0 Å². The third-order valence-electron chi connectivity index (χ3n) is 3.15. The molecule has 0 radical (unpaired) electrons. The van der Waals surface area contributed by atoms with Crippen molar-refractivity contribution in [3.8, 4) is 5.75 Å². The van der Waals surface area contributed by atoms with Gasteiger partial charge in [0.05, 0.1) is 0 Å². The summed E-state index contributed by atoms with van der Waals surface area (Å²) >= 11 is 0. The van der Waals surface area contributed by atoms with E-state index in [9.17, 15) is 26.4 Å². The lowest BCUT2D eigenvalue weighted by atomic mass is 10.2. The van der Waals surface area contributed by atoms with Gasteiger partial charge in [0, 0.05) is 5.56 Å². The Bertz CT molecular complexity index is 862. The number of halogens is 3. The molecule has 1 N–H and O–H groups in total. The molecule has 134 valence electrons. The van der Waals surface area contributed by atoms with Crippen molar-refractivity contribution in [2.24, 2.45) is 0 Å². The Kier molecular flexibility index (Phi) is 5.36. The molecular weight excluding hydrogens is 359 g/mol. The smallest absolute Gasteiger partial charge is 0.379 e. The topological polar surface area (TPSA) is 72.5 Å². The van der Waals surface area contributed by atoms with E-state index in [4.69, 9.17) is 4.18 Å². The van der Waals surface area contributed by atoms with Gasteiger partial charge in [0.15, 0.2) is 0 Å². The molecule has 0 spiro atoms. The number of hydrogen-bond acceptors (Lipinski definition) is 4. The zero-order chi connectivity index (χ0) is 18.7. The van der Waals surface area contributed by atoms with Crippen LogP contribution in [0.3, 0.4) is 0 Å². The second kappa shape index (κ2) is 7.14. The standard InChI is InChI=1S/C16H14F3NO4S/c1-11-4-2-3-5-14(11)24-25(22,23)13-8-6-12(7-9-13)15(21)20-10-16(17,18)19/h2-9H,10H2,1H3,(H,20,21). The number of benzene rings is 2. The number of alkyl halides is 3. The molecule has 0 heterocycles. The average Bonchev–Trinajstić information content (AvgIpc) is 2.54. The molecule has 0 aromatic heterocycles. The van der Waals surface area contributed by atoms with Crippen molar-refractivity contribution in [3.63, 3.8) is 0 Å². The lowest BCUT2D eigenvalue weighted by molar-refractivity contribution is -0.123. The van der Waals surface area contributed by atoms with Gasteiger partial charge in [0.1, 0.15) is 17.2 Å². The molecule has 0 bridgehead atoms. The molecular formula is C16H14F3NO4S. The minimum atomic E-state index is -4.53. The second-order valence-electron chi connectivity index (χ2n) is 5.13. The van der Waals surface area contributed by atoms with E-state index in [1.807, 2.05) is 0 Å². The van der Waals surface area contributed by atoms with Gasteiger partial charge in [0.2, 0.25) is 0 Å². The minimum absolute atomic E-state index is 0.0981. The molecule has 2 aromatic rings. The zero-order valence-electron chi connectivity index (χ0n) is 13.0. The first kappa shape index (κ1) is 18.8. The van der Waals surface area contributed by atoms with Crippen molar-refractivity contribution >= 4 is 16.0 Å². The van der Waals surface area contributed by atoms with Crippen LogP contribution in [0.25, 0.3) is 0 Å². The molecule has 9 heteroatoms. The van der Waals surface area contributed by atoms with E-state index in [0.717, 1.165) is 24.3 Å². The summed E-state index contributed by atoms with van der Waals surface area (Å²) in [6.45, 7) is 0.210. The SMILES string of the molecule is Cc1ccccc1OS(=O)(=O)c1ccc(C(=O)NCC(F)(F)F)cc1. The molecule has 2 aromatic carbocycles. The van der Waals surface area contributed by atoms with Gasteiger partial charge in [-0.1, -0.05) is 18.2 Å². The van der Waals surface area contributed by atoms with Gasteiger partial charge in [0.25, 0.3) is 5.91 Å². The molecule has 0 fully saturated rings. The molecule has 0 aliphatic heterocycles. The molecule has 0 aliphatic carbocycles. The van der Waals surface area contributed by atoms with Gasteiger partial charge in [-0.15, -0.1) is 0 Å². The molecule has 0 saturated carbocycles. The van der Waals surface area contributed by atoms with Crippen molar-refractivity contribution in [2.75, 3.05) is 6.54 Å². The van der Waals surface area contributed by atoms with Crippen molar-refractivity contribution in [1.29, 1.82) is 0 Å². The highest BCUT2D eigenvalue weighted by atomic mass is 32.2. The Labute approximate surface area is 142 Å². The summed E-state index contributed by atoms with van der Waals surface area (Å²) in [7, 11) is -4.13. The summed E-state index contributed by atoms with van der Waals surface area (Å²) in [5, 5.41) is 1.70. The van der Waals surface area contributed by atoms with E-state index in [-0.39, 0.29) is 16.2 Å². The van der Waals surface area contributed by atoms with Gasteiger partial charge >= 0.3 is 16.3 Å². The Hall–Kier alpha value is -2.55. The lowest BCUT2D eigenvalue weighted by Gasteiger charge is -2.10. The van der Waals surface area contributed by atoms with Gasteiger partial charge in [-0.3, -0.25) is 4.79 Å². The molecule has 0 aliphatic rings. The Morgan fingerprint density at radius 2 is 1.68 bits per heavy atom. The van der Waals surface area contributed by atoms with Gasteiger partial charge < -0.3 is 9.50 Å². The third-order valence-corrected chi connectivity index (χ3v) is 4.40. The molecule has 0 atom stereocenters. The Morgan fingerprint density at radius 3 is 2.24 bits per heavy atom. The van der Waals surface area contributed by atoms with Crippen LogP contribution in [-0.4, -0.2) is 27.0 Å². The fraction of sp³-hybridized carbons (Fsp3) is 0.188. The van der Waals surface area contributed by atoms with E-state index in [0.29, 0.717) is 5.56 Å². The number of amides is 1. The van der Waals surface area contributed by atoms with Crippen molar-refractivity contribution < 1.29 is 30.6 Å². The summed E-state index contributed by atoms with van der Waals surface area (Å²) in [6, 6.07) is 10.9. The highest BCUT2D eigenvalue weighted by Crippen LogP contribution is 2.22. The maximum atomic E-state index is 12.2. The van der Waals surface area contributed by atoms with Crippen LogP contribution in [0, 0.1) is 6.92 Å². The quantitative estimate of drug-likeness (QED) is 0.818. The number of carbonyl (C=O) groups is 1. The summed E-state index contributed by atoms with van der Waals surface area (Å²) in [5.74, 6) is -0.796. The van der Waals surface area contributed by atoms with E-state index in [1.165, 1.54) is 6.07 Å². The second-order valence-corrected chi connectivity index (χ2v) is 6.67. The van der Waals surface area contributed by atoms with Crippen molar-refractivity contribution in [2.45, 2.75) is 18.0 Å². The number of rotatable bonds is 5. The fourth-order valence-electron chi connectivity index (χ4n) is 1.87. The van der Waals surface area contributed by atoms with Crippen molar-refractivity contribution in [3.05, 3.63) is 59.7 Å². The van der Waals surface area contributed by atoms with Crippen LogP contribution in [0.2, 0.25) is 0 Å². The van der Waals surface area contributed by atoms with Crippen LogP contribution in [0.4, 0.5) is 13.2 Å². The predicted molar refractivity (Wildman–Crippen MR) is 83.8 cm³/mol. The number of para-hydroxylation sites is 1. The van der Waals surface area contributed by atoms with Gasteiger partial charge in [-0.25, -0.2) is 0 Å². The first-order valence-corrected chi connectivity index (χ1v) is 8.44. The van der Waals surface area contributed by atoms with Crippen LogP contribution in [-0.2, 0) is 10.1 Å². The average molecular weight is 373 g/mol. The van der Waals surface area contributed by atoms with Crippen LogP contribution in [0.5, 0.6) is 5.75 Å². The summed E-state index contributed by atoms with van der Waals surface area (Å²) in [4.78, 5) is 11.4. The van der Waals surface area contributed by atoms with E-state index in [1.54, 1.807) is 30.4 Å². The number of hydrogen-bond donors (Lipinski definition) is 1. The van der Waals surface area contributed by atoms with Crippen LogP contribution < -0.4 is 9.50 Å².